The molecule has 0 spiro atoms. The first-order valence-corrected chi connectivity index (χ1v) is 11.2. The van der Waals surface area contributed by atoms with Crippen LogP contribution < -0.4 is 5.32 Å². The minimum Gasteiger partial charge on any atom is -0.468 e. The van der Waals surface area contributed by atoms with Crippen LogP contribution in [0.2, 0.25) is 0 Å². The number of rotatable bonds is 9. The Morgan fingerprint density at radius 1 is 1.21 bits per heavy atom. The highest BCUT2D eigenvalue weighted by molar-refractivity contribution is 5.80. The fraction of sp³-hybridized carbons (Fsp3) is 0.773. The summed E-state index contributed by atoms with van der Waals surface area (Å²) >= 11 is 0. The molecule has 1 atom stereocenters. The van der Waals surface area contributed by atoms with Gasteiger partial charge >= 0.3 is 0 Å². The Kier molecular flexibility index (Phi) is 9.31. The molecule has 3 rings (SSSR count). The van der Waals surface area contributed by atoms with Crippen LogP contribution >= 0.6 is 0 Å². The van der Waals surface area contributed by atoms with Crippen molar-refractivity contribution < 1.29 is 13.9 Å². The van der Waals surface area contributed by atoms with Gasteiger partial charge in [-0.2, -0.15) is 0 Å². The molecule has 0 aromatic carbocycles. The molecule has 0 amide bonds. The molecule has 2 aliphatic heterocycles. The van der Waals surface area contributed by atoms with Crippen molar-refractivity contribution in [1.82, 2.24) is 15.1 Å². The van der Waals surface area contributed by atoms with Crippen LogP contribution in [0.1, 0.15) is 50.3 Å². The monoisotopic (exact) mass is 406 g/mol. The van der Waals surface area contributed by atoms with Gasteiger partial charge in [0.2, 0.25) is 0 Å². The maximum absolute atomic E-state index is 5.99. The quantitative estimate of drug-likeness (QED) is 0.387. The summed E-state index contributed by atoms with van der Waals surface area (Å²) in [7, 11) is 3.61. The molecule has 0 radical (unpaired) electrons. The molecule has 0 bridgehead atoms. The van der Waals surface area contributed by atoms with Crippen LogP contribution in [-0.4, -0.2) is 82.0 Å². The van der Waals surface area contributed by atoms with Crippen molar-refractivity contribution in [2.45, 2.75) is 50.7 Å². The van der Waals surface area contributed by atoms with Crippen molar-refractivity contribution in [2.24, 2.45) is 4.99 Å². The van der Waals surface area contributed by atoms with Crippen LogP contribution in [-0.2, 0) is 9.47 Å². The van der Waals surface area contributed by atoms with Crippen LogP contribution in [0.4, 0.5) is 0 Å². The molecule has 7 nitrogen and oxygen atoms in total. The highest BCUT2D eigenvalue weighted by atomic mass is 16.5. The summed E-state index contributed by atoms with van der Waals surface area (Å²) in [5.74, 6) is 2.02. The average Bonchev–Trinajstić information content (AvgIpc) is 3.30. The number of likely N-dealkylation sites (tertiary alicyclic amines) is 2. The molecule has 0 saturated carbocycles. The van der Waals surface area contributed by atoms with E-state index in [-0.39, 0.29) is 6.04 Å². The van der Waals surface area contributed by atoms with E-state index in [1.165, 1.54) is 19.3 Å². The van der Waals surface area contributed by atoms with Gasteiger partial charge in [-0.3, -0.25) is 9.89 Å². The summed E-state index contributed by atoms with van der Waals surface area (Å²) in [5.41, 5.74) is 0. The number of guanidine groups is 1. The fourth-order valence-electron chi connectivity index (χ4n) is 4.33. The second-order valence-electron chi connectivity index (χ2n) is 7.96. The Labute approximate surface area is 175 Å². The van der Waals surface area contributed by atoms with Crippen molar-refractivity contribution in [3.63, 3.8) is 0 Å². The number of furan rings is 1. The predicted molar refractivity (Wildman–Crippen MR) is 115 cm³/mol. The smallest absolute Gasteiger partial charge is 0.193 e. The lowest BCUT2D eigenvalue weighted by molar-refractivity contribution is 0.00983. The van der Waals surface area contributed by atoms with E-state index in [1.807, 2.05) is 13.1 Å². The summed E-state index contributed by atoms with van der Waals surface area (Å²) < 4.78 is 16.8. The normalized spacial score (nSPS) is 20.8. The lowest BCUT2D eigenvalue weighted by atomic mass is 10.1. The molecule has 7 heteroatoms. The van der Waals surface area contributed by atoms with Gasteiger partial charge in [-0.25, -0.2) is 0 Å². The van der Waals surface area contributed by atoms with Gasteiger partial charge in [-0.05, 0) is 57.3 Å². The molecule has 1 aromatic rings. The van der Waals surface area contributed by atoms with Crippen molar-refractivity contribution in [3.8, 4) is 0 Å². The van der Waals surface area contributed by atoms with Crippen LogP contribution in [0.15, 0.2) is 27.8 Å². The first-order valence-electron chi connectivity index (χ1n) is 11.2. The van der Waals surface area contributed by atoms with Gasteiger partial charge in [0, 0.05) is 47.0 Å². The zero-order chi connectivity index (χ0) is 20.3. The molecular formula is C22H38N4O3. The number of ether oxygens (including phenoxy) is 2. The maximum atomic E-state index is 5.99. The number of nitrogens with one attached hydrogen (secondary N) is 1. The number of aliphatic imine (C=N–C) groups is 1. The van der Waals surface area contributed by atoms with E-state index in [2.05, 4.69) is 26.2 Å². The topological polar surface area (TPSA) is 62.5 Å². The highest BCUT2D eigenvalue weighted by Crippen LogP contribution is 2.24. The summed E-state index contributed by atoms with van der Waals surface area (Å²) in [6.07, 6.45) is 9.05. The predicted octanol–water partition coefficient (Wildman–Crippen LogP) is 2.90. The lowest BCUT2D eigenvalue weighted by Crippen LogP contribution is -2.49. The van der Waals surface area contributed by atoms with Crippen LogP contribution in [0.25, 0.3) is 0 Å². The standard InChI is InChI=1S/C22H38N4O3/c1-23-22(26-13-9-19(10-14-26)28-17-7-15-27-2)24-18-20(21-8-6-16-29-21)25-11-4-3-5-12-25/h6,8,16,19-20H,3-5,7,9-15,17-18H2,1-2H3,(H,23,24). The van der Waals surface area contributed by atoms with Crippen LogP contribution in [0.3, 0.4) is 0 Å². The third kappa shape index (κ3) is 6.73. The molecular weight excluding hydrogens is 368 g/mol. The summed E-state index contributed by atoms with van der Waals surface area (Å²) in [4.78, 5) is 9.44. The molecule has 2 fully saturated rings. The second-order valence-corrected chi connectivity index (χ2v) is 7.96. The van der Waals surface area contributed by atoms with Gasteiger partial charge in [-0.15, -0.1) is 0 Å². The van der Waals surface area contributed by atoms with Crippen LogP contribution in [0.5, 0.6) is 0 Å². The summed E-state index contributed by atoms with van der Waals surface area (Å²) in [5, 5.41) is 3.62. The lowest BCUT2D eigenvalue weighted by Gasteiger charge is -2.36. The third-order valence-electron chi connectivity index (χ3n) is 5.96. The van der Waals surface area contributed by atoms with Gasteiger partial charge in [0.05, 0.1) is 18.4 Å². The van der Waals surface area contributed by atoms with Gasteiger partial charge < -0.3 is 24.1 Å². The van der Waals surface area contributed by atoms with E-state index < -0.39 is 0 Å². The zero-order valence-electron chi connectivity index (χ0n) is 18.1. The Morgan fingerprint density at radius 2 is 2.00 bits per heavy atom. The Morgan fingerprint density at radius 3 is 2.66 bits per heavy atom. The minimum atomic E-state index is 0.253. The first-order chi connectivity index (χ1) is 14.3. The molecule has 1 aromatic heterocycles. The van der Waals surface area contributed by atoms with E-state index in [9.17, 15) is 0 Å². The molecule has 164 valence electrons. The number of nitrogens with zero attached hydrogens (tertiary/aromatic N) is 3. The average molecular weight is 407 g/mol. The molecule has 1 N–H and O–H groups in total. The first kappa shape index (κ1) is 22.1. The SMILES string of the molecule is CN=C(NCC(c1ccco1)N1CCCCC1)N1CCC(OCCCOC)CC1. The van der Waals surface area contributed by atoms with Crippen molar-refractivity contribution >= 4 is 5.96 Å². The summed E-state index contributed by atoms with van der Waals surface area (Å²) in [6, 6.07) is 4.33. The number of methoxy groups -OCH3 is 1. The van der Waals surface area contributed by atoms with E-state index in [0.29, 0.717) is 6.10 Å². The van der Waals surface area contributed by atoms with Gasteiger partial charge in [-0.1, -0.05) is 6.42 Å². The number of piperidine rings is 2. The Hall–Kier alpha value is -1.57. The summed E-state index contributed by atoms with van der Waals surface area (Å²) in [6.45, 7) is 6.59. The van der Waals surface area contributed by atoms with E-state index in [0.717, 1.165) is 76.9 Å². The molecule has 3 heterocycles. The zero-order valence-corrected chi connectivity index (χ0v) is 18.1. The fourth-order valence-corrected chi connectivity index (χ4v) is 4.33. The van der Waals surface area contributed by atoms with E-state index >= 15 is 0 Å². The van der Waals surface area contributed by atoms with Crippen molar-refractivity contribution in [2.75, 3.05) is 60.1 Å². The van der Waals surface area contributed by atoms with Gasteiger partial charge in [0.15, 0.2) is 5.96 Å². The molecule has 1 unspecified atom stereocenters. The number of hydrogen-bond acceptors (Lipinski definition) is 5. The molecule has 2 saturated heterocycles. The van der Waals surface area contributed by atoms with E-state index in [1.54, 1.807) is 13.4 Å². The third-order valence-corrected chi connectivity index (χ3v) is 5.96. The highest BCUT2D eigenvalue weighted by Gasteiger charge is 2.26. The Bertz CT molecular complexity index is 579. The second kappa shape index (κ2) is 12.2. The van der Waals surface area contributed by atoms with Crippen molar-refractivity contribution in [3.05, 3.63) is 24.2 Å². The molecule has 29 heavy (non-hydrogen) atoms. The molecule has 0 aliphatic carbocycles. The number of hydrogen-bond donors (Lipinski definition) is 1. The van der Waals surface area contributed by atoms with Gasteiger partial charge in [0.1, 0.15) is 5.76 Å². The van der Waals surface area contributed by atoms with E-state index in [4.69, 9.17) is 13.9 Å². The molecule has 2 aliphatic rings. The van der Waals surface area contributed by atoms with Crippen LogP contribution in [0, 0.1) is 0 Å². The van der Waals surface area contributed by atoms with Crippen molar-refractivity contribution in [1.29, 1.82) is 0 Å². The Balaban J connectivity index is 1.47. The van der Waals surface area contributed by atoms with Gasteiger partial charge in [0.25, 0.3) is 0 Å². The largest absolute Gasteiger partial charge is 0.468 e. The minimum absolute atomic E-state index is 0.253. The maximum Gasteiger partial charge on any atom is 0.193 e.